The number of rotatable bonds is 8. The smallest absolute Gasteiger partial charge is 0.262 e. The van der Waals surface area contributed by atoms with Gasteiger partial charge in [0.1, 0.15) is 4.83 Å². The number of carbonyl (C=O) groups is 1. The van der Waals surface area contributed by atoms with E-state index in [0.29, 0.717) is 18.5 Å². The normalized spacial score (nSPS) is 11.0. The van der Waals surface area contributed by atoms with Gasteiger partial charge in [-0.25, -0.2) is 4.98 Å². The molecule has 2 heterocycles. The number of unbranched alkanes of at least 4 members (excludes halogenated alkanes) is 2. The molecule has 6 heteroatoms. The highest BCUT2D eigenvalue weighted by Gasteiger charge is 2.13. The van der Waals surface area contributed by atoms with E-state index in [-0.39, 0.29) is 17.9 Å². The zero-order valence-corrected chi connectivity index (χ0v) is 16.6. The van der Waals surface area contributed by atoms with Crippen LogP contribution in [0.2, 0.25) is 0 Å². The second kappa shape index (κ2) is 8.95. The molecule has 0 unspecified atom stereocenters. The Labute approximate surface area is 163 Å². The summed E-state index contributed by atoms with van der Waals surface area (Å²) in [7, 11) is 0. The third kappa shape index (κ3) is 4.63. The summed E-state index contributed by atoms with van der Waals surface area (Å²) in [6, 6.07) is 8.13. The van der Waals surface area contributed by atoms with Crippen molar-refractivity contribution in [3.63, 3.8) is 0 Å². The molecule has 0 bridgehead atoms. The zero-order chi connectivity index (χ0) is 19.2. The molecule has 0 atom stereocenters. The van der Waals surface area contributed by atoms with Crippen molar-refractivity contribution in [3.05, 3.63) is 51.9 Å². The molecule has 1 aromatic carbocycles. The number of aryl methyl sites for hydroxylation is 2. The Balaban J connectivity index is 1.77. The van der Waals surface area contributed by atoms with Crippen molar-refractivity contribution in [1.29, 1.82) is 0 Å². The van der Waals surface area contributed by atoms with Crippen molar-refractivity contribution in [2.75, 3.05) is 6.54 Å². The van der Waals surface area contributed by atoms with Gasteiger partial charge in [0.2, 0.25) is 5.91 Å². The molecule has 2 aromatic heterocycles. The van der Waals surface area contributed by atoms with E-state index in [2.05, 4.69) is 17.2 Å². The first-order valence-corrected chi connectivity index (χ1v) is 10.3. The minimum Gasteiger partial charge on any atom is -0.356 e. The molecule has 1 N–H and O–H groups in total. The molecule has 5 nitrogen and oxygen atoms in total. The Morgan fingerprint density at radius 2 is 2.00 bits per heavy atom. The van der Waals surface area contributed by atoms with Crippen LogP contribution in [0.3, 0.4) is 0 Å². The summed E-state index contributed by atoms with van der Waals surface area (Å²) in [6.07, 6.45) is 5.05. The van der Waals surface area contributed by atoms with Crippen LogP contribution in [0.5, 0.6) is 0 Å². The summed E-state index contributed by atoms with van der Waals surface area (Å²) in [5, 5.41) is 5.52. The summed E-state index contributed by atoms with van der Waals surface area (Å²) < 4.78 is 1.54. The average Bonchev–Trinajstić information content (AvgIpc) is 3.10. The van der Waals surface area contributed by atoms with Gasteiger partial charge in [-0.3, -0.25) is 14.2 Å². The average molecular weight is 384 g/mol. The number of carbonyl (C=O) groups excluding carboxylic acids is 1. The molecule has 0 fully saturated rings. The van der Waals surface area contributed by atoms with Crippen LogP contribution in [0.4, 0.5) is 0 Å². The van der Waals surface area contributed by atoms with Crippen LogP contribution in [0.1, 0.15) is 38.2 Å². The van der Waals surface area contributed by atoms with Crippen molar-refractivity contribution in [1.82, 2.24) is 14.9 Å². The van der Waals surface area contributed by atoms with Crippen LogP contribution in [-0.4, -0.2) is 22.0 Å². The van der Waals surface area contributed by atoms with E-state index in [0.717, 1.165) is 35.2 Å². The van der Waals surface area contributed by atoms with E-state index in [1.54, 1.807) is 10.9 Å². The Morgan fingerprint density at radius 1 is 1.22 bits per heavy atom. The topological polar surface area (TPSA) is 64.0 Å². The minimum atomic E-state index is -0.0874. The van der Waals surface area contributed by atoms with Crippen molar-refractivity contribution in [3.8, 4) is 11.1 Å². The second-order valence-electron chi connectivity index (χ2n) is 6.75. The molecule has 1 amide bonds. The highest BCUT2D eigenvalue weighted by molar-refractivity contribution is 7.17. The van der Waals surface area contributed by atoms with Gasteiger partial charge in [-0.2, -0.15) is 0 Å². The molecule has 3 rings (SSSR count). The molecule has 142 valence electrons. The lowest BCUT2D eigenvalue weighted by molar-refractivity contribution is -0.121. The maximum Gasteiger partial charge on any atom is 0.262 e. The third-order valence-electron chi connectivity index (χ3n) is 4.61. The molecule has 3 aromatic rings. The molecular weight excluding hydrogens is 358 g/mol. The number of benzene rings is 1. The summed E-state index contributed by atoms with van der Waals surface area (Å²) in [5.74, 6) is -0.0258. The Bertz CT molecular complexity index is 973. The lowest BCUT2D eigenvalue weighted by atomic mass is 10.1. The molecule has 0 aliphatic carbocycles. The first-order chi connectivity index (χ1) is 13.1. The number of nitrogens with one attached hydrogen (secondary N) is 1. The molecule has 0 saturated carbocycles. The molecule has 0 saturated heterocycles. The van der Waals surface area contributed by atoms with E-state index in [1.807, 2.05) is 36.6 Å². The summed E-state index contributed by atoms with van der Waals surface area (Å²) in [6.45, 7) is 5.20. The van der Waals surface area contributed by atoms with E-state index >= 15 is 0 Å². The third-order valence-corrected chi connectivity index (χ3v) is 5.49. The number of fused-ring (bicyclic) bond motifs is 1. The van der Waals surface area contributed by atoms with Crippen LogP contribution in [-0.2, 0) is 11.3 Å². The predicted octanol–water partition coefficient (Wildman–Crippen LogP) is 4.13. The fourth-order valence-electron chi connectivity index (χ4n) is 2.99. The number of amides is 1. The maximum absolute atomic E-state index is 13.0. The van der Waals surface area contributed by atoms with E-state index in [1.165, 1.54) is 16.9 Å². The molecule has 27 heavy (non-hydrogen) atoms. The van der Waals surface area contributed by atoms with Gasteiger partial charge in [-0.1, -0.05) is 49.6 Å². The van der Waals surface area contributed by atoms with Crippen molar-refractivity contribution < 1.29 is 4.79 Å². The standard InChI is InChI=1S/C21H25N3O2S/c1-3-4-5-11-22-18(25)10-12-24-14-23-20-19(21(24)26)17(13-27-20)16-8-6-15(2)7-9-16/h6-9,13-14H,3-5,10-12H2,1-2H3,(H,22,25). The second-order valence-corrected chi connectivity index (χ2v) is 7.60. The van der Waals surface area contributed by atoms with Crippen molar-refractivity contribution in [2.45, 2.75) is 46.1 Å². The van der Waals surface area contributed by atoms with Crippen LogP contribution < -0.4 is 10.9 Å². The van der Waals surface area contributed by atoms with Gasteiger partial charge in [0.05, 0.1) is 11.7 Å². The lowest BCUT2D eigenvalue weighted by Crippen LogP contribution is -2.28. The number of thiophene rings is 1. The molecule has 0 radical (unpaired) electrons. The quantitative estimate of drug-likeness (QED) is 0.595. The highest BCUT2D eigenvalue weighted by atomic mass is 32.1. The SMILES string of the molecule is CCCCCNC(=O)CCn1cnc2scc(-c3ccc(C)cc3)c2c1=O. The highest BCUT2D eigenvalue weighted by Crippen LogP contribution is 2.30. The Hall–Kier alpha value is -2.47. The number of nitrogens with zero attached hydrogens (tertiary/aromatic N) is 2. The van der Waals surface area contributed by atoms with Gasteiger partial charge in [-0.05, 0) is 18.9 Å². The van der Waals surface area contributed by atoms with Gasteiger partial charge < -0.3 is 5.32 Å². The number of hydrogen-bond donors (Lipinski definition) is 1. The van der Waals surface area contributed by atoms with Gasteiger partial charge in [0.15, 0.2) is 0 Å². The molecule has 0 spiro atoms. The van der Waals surface area contributed by atoms with Gasteiger partial charge >= 0.3 is 0 Å². The van der Waals surface area contributed by atoms with Crippen molar-refractivity contribution in [2.24, 2.45) is 0 Å². The molecule has 0 aliphatic heterocycles. The monoisotopic (exact) mass is 383 g/mol. The first-order valence-electron chi connectivity index (χ1n) is 9.40. The van der Waals surface area contributed by atoms with Crippen LogP contribution in [0, 0.1) is 6.92 Å². The first kappa shape index (κ1) is 19.3. The lowest BCUT2D eigenvalue weighted by Gasteiger charge is -2.07. The minimum absolute atomic E-state index is 0.0258. The van der Waals surface area contributed by atoms with E-state index in [4.69, 9.17) is 0 Å². The van der Waals surface area contributed by atoms with Gasteiger partial charge in [-0.15, -0.1) is 11.3 Å². The number of hydrogen-bond acceptors (Lipinski definition) is 4. The van der Waals surface area contributed by atoms with Gasteiger partial charge in [0.25, 0.3) is 5.56 Å². The van der Waals surface area contributed by atoms with Crippen LogP contribution >= 0.6 is 11.3 Å². The summed E-state index contributed by atoms with van der Waals surface area (Å²) >= 11 is 1.47. The van der Waals surface area contributed by atoms with Crippen molar-refractivity contribution >= 4 is 27.5 Å². The predicted molar refractivity (Wildman–Crippen MR) is 111 cm³/mol. The fourth-order valence-corrected chi connectivity index (χ4v) is 3.89. The van der Waals surface area contributed by atoms with Gasteiger partial charge in [0, 0.05) is 30.5 Å². The summed E-state index contributed by atoms with van der Waals surface area (Å²) in [4.78, 5) is 30.1. The Morgan fingerprint density at radius 3 is 2.74 bits per heavy atom. The van der Waals surface area contributed by atoms with Crippen LogP contribution in [0.15, 0.2) is 40.8 Å². The van der Waals surface area contributed by atoms with Crippen LogP contribution in [0.25, 0.3) is 21.3 Å². The largest absolute Gasteiger partial charge is 0.356 e. The number of aromatic nitrogens is 2. The summed E-state index contributed by atoms with van der Waals surface area (Å²) in [5.41, 5.74) is 3.01. The molecular formula is C21H25N3O2S. The fraction of sp³-hybridized carbons (Fsp3) is 0.381. The van der Waals surface area contributed by atoms with E-state index in [9.17, 15) is 9.59 Å². The molecule has 0 aliphatic rings. The zero-order valence-electron chi connectivity index (χ0n) is 15.8. The Kier molecular flexibility index (Phi) is 6.40. The maximum atomic E-state index is 13.0. The van der Waals surface area contributed by atoms with E-state index < -0.39 is 0 Å².